The molecule has 0 unspecified atom stereocenters. The lowest BCUT2D eigenvalue weighted by atomic mass is 10.1. The molecule has 0 radical (unpaired) electrons. The third kappa shape index (κ3) is 6.01. The molecule has 4 heterocycles. The molecule has 0 aliphatic rings. The first-order chi connectivity index (χ1) is 18.2. The van der Waals surface area contributed by atoms with Crippen molar-refractivity contribution in [1.82, 2.24) is 29.3 Å². The molecule has 0 spiro atoms. The topological polar surface area (TPSA) is 118 Å². The number of nitrogens with zero attached hydrogens (tertiary/aromatic N) is 6. The predicted octanol–water partition coefficient (Wildman–Crippen LogP) is 5.66. The third-order valence-electron chi connectivity index (χ3n) is 5.92. The summed E-state index contributed by atoms with van der Waals surface area (Å²) in [6.45, 7) is 8.06. The fourth-order valence-electron chi connectivity index (χ4n) is 3.97. The van der Waals surface area contributed by atoms with Crippen LogP contribution in [0.1, 0.15) is 0 Å². The maximum absolute atomic E-state index is 6.34. The molecule has 196 valence electrons. The van der Waals surface area contributed by atoms with Crippen LogP contribution >= 0.6 is 0 Å². The number of nitrogens with one attached hydrogen (secondary N) is 1. The van der Waals surface area contributed by atoms with Gasteiger partial charge in [-0.25, -0.2) is 0 Å². The Bertz CT molecular complexity index is 1540. The van der Waals surface area contributed by atoms with Gasteiger partial charge in [0.1, 0.15) is 12.5 Å². The highest BCUT2D eigenvalue weighted by molar-refractivity contribution is 6.76. The largest absolute Gasteiger partial charge is 0.438 e. The lowest BCUT2D eigenvalue weighted by molar-refractivity contribution is 0.0899. The van der Waals surface area contributed by atoms with Crippen molar-refractivity contribution in [2.24, 2.45) is 7.05 Å². The molecular formula is C27H32N8O2Si. The van der Waals surface area contributed by atoms with Gasteiger partial charge in [-0.05, 0) is 24.2 Å². The molecular weight excluding hydrogens is 496 g/mol. The zero-order valence-electron chi connectivity index (χ0n) is 22.0. The van der Waals surface area contributed by atoms with E-state index in [1.54, 1.807) is 23.1 Å². The van der Waals surface area contributed by atoms with E-state index < -0.39 is 8.07 Å². The molecule has 5 aromatic rings. The summed E-state index contributed by atoms with van der Waals surface area (Å²) < 4.78 is 16.2. The predicted molar refractivity (Wildman–Crippen MR) is 152 cm³/mol. The number of nitrogen functional groups attached to an aromatic ring is 1. The van der Waals surface area contributed by atoms with E-state index in [0.29, 0.717) is 42.3 Å². The first-order valence-electron chi connectivity index (χ1n) is 12.4. The van der Waals surface area contributed by atoms with Crippen LogP contribution in [0.15, 0.2) is 67.4 Å². The van der Waals surface area contributed by atoms with Crippen LogP contribution in [0, 0.1) is 0 Å². The maximum atomic E-state index is 6.34. The van der Waals surface area contributed by atoms with Crippen LogP contribution in [0.3, 0.4) is 0 Å². The summed E-state index contributed by atoms with van der Waals surface area (Å²) in [6, 6.07) is 12.3. The number of pyridine rings is 1. The molecule has 10 nitrogen and oxygen atoms in total. The van der Waals surface area contributed by atoms with Gasteiger partial charge in [0.25, 0.3) is 0 Å². The van der Waals surface area contributed by atoms with Crippen LogP contribution in [0.5, 0.6) is 11.6 Å². The maximum Gasteiger partial charge on any atom is 0.234 e. The van der Waals surface area contributed by atoms with E-state index in [1.807, 2.05) is 60.5 Å². The molecule has 0 amide bonds. The van der Waals surface area contributed by atoms with Crippen molar-refractivity contribution in [3.63, 3.8) is 0 Å². The highest BCUT2D eigenvalue weighted by atomic mass is 28.3. The number of ether oxygens (including phenoxy) is 2. The minimum atomic E-state index is -1.22. The fraction of sp³-hybridized carbons (Fsp3) is 0.259. The molecule has 0 atom stereocenters. The van der Waals surface area contributed by atoms with E-state index in [9.17, 15) is 0 Å². The highest BCUT2D eigenvalue weighted by Gasteiger charge is 2.21. The Morgan fingerprint density at radius 2 is 1.92 bits per heavy atom. The van der Waals surface area contributed by atoms with Gasteiger partial charge in [0.15, 0.2) is 5.65 Å². The van der Waals surface area contributed by atoms with Gasteiger partial charge in [0.2, 0.25) is 11.8 Å². The molecule has 5 rings (SSSR count). The van der Waals surface area contributed by atoms with Gasteiger partial charge in [0, 0.05) is 69.4 Å². The number of aryl methyl sites for hydroxylation is 1. The Balaban J connectivity index is 1.62. The van der Waals surface area contributed by atoms with Gasteiger partial charge in [-0.2, -0.15) is 15.1 Å². The number of fused-ring (bicyclic) bond motifs is 1. The first-order valence-corrected chi connectivity index (χ1v) is 16.1. The first kappa shape index (κ1) is 25.4. The van der Waals surface area contributed by atoms with Gasteiger partial charge < -0.3 is 25.1 Å². The number of aromatic nitrogens is 6. The lowest BCUT2D eigenvalue weighted by Gasteiger charge is -2.16. The minimum absolute atomic E-state index is 0.350. The molecule has 3 N–H and O–H groups in total. The molecule has 4 aromatic heterocycles. The van der Waals surface area contributed by atoms with Crippen molar-refractivity contribution < 1.29 is 9.47 Å². The molecule has 0 saturated heterocycles. The molecule has 0 bridgehead atoms. The van der Waals surface area contributed by atoms with E-state index >= 15 is 0 Å². The van der Waals surface area contributed by atoms with Gasteiger partial charge in [-0.1, -0.05) is 31.8 Å². The van der Waals surface area contributed by atoms with Crippen LogP contribution in [0.4, 0.5) is 17.3 Å². The number of hydrogen-bond acceptors (Lipinski definition) is 8. The van der Waals surface area contributed by atoms with Gasteiger partial charge in [0.05, 0.1) is 17.3 Å². The van der Waals surface area contributed by atoms with Crippen LogP contribution in [0.25, 0.3) is 22.2 Å². The quantitative estimate of drug-likeness (QED) is 0.135. The summed E-state index contributed by atoms with van der Waals surface area (Å²) in [6.07, 6.45) is 9.15. The van der Waals surface area contributed by atoms with Gasteiger partial charge in [-0.3, -0.25) is 9.67 Å². The van der Waals surface area contributed by atoms with Gasteiger partial charge in [-0.15, -0.1) is 0 Å². The summed E-state index contributed by atoms with van der Waals surface area (Å²) in [7, 11) is 0.634. The van der Waals surface area contributed by atoms with Crippen molar-refractivity contribution >= 4 is 36.4 Å². The van der Waals surface area contributed by atoms with Crippen molar-refractivity contribution in [1.29, 1.82) is 0 Å². The second kappa shape index (κ2) is 10.6. The summed E-state index contributed by atoms with van der Waals surface area (Å²) >= 11 is 0. The Hall–Kier alpha value is -4.22. The normalized spacial score (nSPS) is 11.7. The average molecular weight is 529 g/mol. The van der Waals surface area contributed by atoms with Crippen LogP contribution in [-0.4, -0.2) is 44.0 Å². The van der Waals surface area contributed by atoms with E-state index in [-0.39, 0.29) is 0 Å². The SMILES string of the molecule is Cn1cc(Nc2nc(Oc3cccc(N)c3)c3c(-c4cccnc4)cn(COCC[Si](C)(C)C)c3n2)cn1. The van der Waals surface area contributed by atoms with Crippen molar-refractivity contribution in [2.45, 2.75) is 32.4 Å². The van der Waals surface area contributed by atoms with Crippen molar-refractivity contribution in [3.8, 4) is 22.8 Å². The minimum Gasteiger partial charge on any atom is -0.438 e. The monoisotopic (exact) mass is 528 g/mol. The van der Waals surface area contributed by atoms with E-state index in [2.05, 4.69) is 35.0 Å². The lowest BCUT2D eigenvalue weighted by Crippen LogP contribution is -2.22. The van der Waals surface area contributed by atoms with Crippen LogP contribution < -0.4 is 15.8 Å². The van der Waals surface area contributed by atoms with E-state index in [1.165, 1.54) is 0 Å². The third-order valence-corrected chi connectivity index (χ3v) is 7.62. The molecule has 0 saturated carbocycles. The highest BCUT2D eigenvalue weighted by Crippen LogP contribution is 2.38. The zero-order valence-corrected chi connectivity index (χ0v) is 23.0. The van der Waals surface area contributed by atoms with Crippen LogP contribution in [-0.2, 0) is 18.5 Å². The van der Waals surface area contributed by atoms with Gasteiger partial charge >= 0.3 is 0 Å². The average Bonchev–Trinajstić information content (AvgIpc) is 3.45. The van der Waals surface area contributed by atoms with Crippen molar-refractivity contribution in [3.05, 3.63) is 67.4 Å². The molecule has 11 heteroatoms. The Labute approximate surface area is 222 Å². The number of benzene rings is 1. The zero-order chi connectivity index (χ0) is 26.7. The Morgan fingerprint density at radius 1 is 1.05 bits per heavy atom. The second-order valence-electron chi connectivity index (χ2n) is 10.4. The van der Waals surface area contributed by atoms with E-state index in [0.717, 1.165) is 28.2 Å². The Kier molecular flexibility index (Phi) is 7.12. The standard InChI is InChI=1S/C27H32N8O2Si/c1-34-16-21(15-30-34)31-27-32-25-24(26(33-27)37-22-9-5-8-20(28)13-22)23(19-7-6-10-29-14-19)17-35(25)18-36-11-12-38(2,3)4/h5-10,13-17H,11-12,18,28H2,1-4H3,(H,31,32,33). The molecule has 0 aliphatic heterocycles. The second-order valence-corrected chi connectivity index (χ2v) is 16.0. The summed E-state index contributed by atoms with van der Waals surface area (Å²) in [5.74, 6) is 1.35. The summed E-state index contributed by atoms with van der Waals surface area (Å²) in [5, 5.41) is 8.23. The number of hydrogen-bond donors (Lipinski definition) is 2. The molecule has 1 aromatic carbocycles. The molecule has 38 heavy (non-hydrogen) atoms. The molecule has 0 aliphatic carbocycles. The molecule has 0 fully saturated rings. The smallest absolute Gasteiger partial charge is 0.234 e. The summed E-state index contributed by atoms with van der Waals surface area (Å²) in [4.78, 5) is 14.0. The Morgan fingerprint density at radius 3 is 2.63 bits per heavy atom. The van der Waals surface area contributed by atoms with Crippen LogP contribution in [0.2, 0.25) is 25.7 Å². The van der Waals surface area contributed by atoms with E-state index in [4.69, 9.17) is 25.2 Å². The van der Waals surface area contributed by atoms with Crippen molar-refractivity contribution in [2.75, 3.05) is 17.7 Å². The number of rotatable bonds is 10. The number of anilines is 3. The fourth-order valence-corrected chi connectivity index (χ4v) is 4.73. The number of nitrogens with two attached hydrogens (primary N) is 1. The summed E-state index contributed by atoms with van der Waals surface area (Å²) in [5.41, 5.74) is 9.88.